The van der Waals surface area contributed by atoms with Crippen LogP contribution in [0.5, 0.6) is 0 Å². The van der Waals surface area contributed by atoms with E-state index < -0.39 is 30.9 Å². The van der Waals surface area contributed by atoms with E-state index in [1.165, 1.54) is 26.5 Å². The first-order valence-corrected chi connectivity index (χ1v) is 32.4. The maximum atomic E-state index is 9.53. The molecule has 0 aliphatic heterocycles. The van der Waals surface area contributed by atoms with E-state index in [-0.39, 0.29) is 37.4 Å². The van der Waals surface area contributed by atoms with Crippen LogP contribution in [0.4, 0.5) is 0 Å². The molecule has 1 radical (unpaired) electrons. The average Bonchev–Trinajstić information content (AvgIpc) is 3.90. The number of nitrogens with zero attached hydrogens (tertiary/aromatic N) is 3. The second-order valence-electron chi connectivity index (χ2n) is 23.1. The van der Waals surface area contributed by atoms with Gasteiger partial charge in [0.2, 0.25) is 0 Å². The number of para-hydroxylation sites is 2. The molecule has 10 rings (SSSR count). The fourth-order valence-corrected chi connectivity index (χ4v) is 13.1. The molecule has 3 aromatic heterocycles. The second kappa shape index (κ2) is 19.9. The van der Waals surface area contributed by atoms with Gasteiger partial charge in [-0.2, -0.15) is 0 Å². The molecule has 0 saturated carbocycles. The molecule has 3 heterocycles. The van der Waals surface area contributed by atoms with E-state index in [2.05, 4.69) is 172 Å². The molecule has 0 aliphatic rings. The van der Waals surface area contributed by atoms with Crippen molar-refractivity contribution >= 4 is 72.2 Å². The van der Waals surface area contributed by atoms with Gasteiger partial charge in [0.05, 0.1) is 22.4 Å². The van der Waals surface area contributed by atoms with Crippen molar-refractivity contribution in [2.45, 2.75) is 130 Å². The molecular weight excluding hydrogens is 1100 g/mol. The standard InChI is InChI=1S/C48H49N2O.C17H22GeN.Ir/c1-28(2)36-24-33(48(8,9)10)25-37(29(3)4)44(36)50-41-18-14-13-17-40(41)49-46(50)35-22-21-32(27-47(5,6)7)43-39-23-31-20-19-30-15-11-12-16-34(30)38(31)26-42(39)51-45(35)43;1-13(2)15-11-17(14-9-7-6-8-10-14)19-12-16(15)18(3,4)5;/h11-21,23-26,28-29H,27H2,1-10H3;6-9,11-13H,1-5H3;/q2*-1;/i27D2;13D;. The summed E-state index contributed by atoms with van der Waals surface area (Å²) in [5.41, 5.74) is 11.8. The number of imidazole rings is 1. The van der Waals surface area contributed by atoms with Crippen LogP contribution in [0, 0.1) is 17.5 Å². The molecule has 0 N–H and O–H groups in total. The minimum Gasteiger partial charge on any atom is -0.501 e. The fraction of sp³-hybridized carbons (Fsp3) is 0.323. The summed E-state index contributed by atoms with van der Waals surface area (Å²) in [6.07, 6.45) is 0.315. The summed E-state index contributed by atoms with van der Waals surface area (Å²) in [6, 6.07) is 48.8. The van der Waals surface area contributed by atoms with Crippen LogP contribution in [0.3, 0.4) is 0 Å². The van der Waals surface area contributed by atoms with Crippen molar-refractivity contribution in [3.05, 3.63) is 167 Å². The van der Waals surface area contributed by atoms with Gasteiger partial charge in [-0.05, 0) is 85.2 Å². The minimum atomic E-state index is -2.03. The van der Waals surface area contributed by atoms with Crippen LogP contribution in [0.2, 0.25) is 17.3 Å². The van der Waals surface area contributed by atoms with E-state index in [4.69, 9.17) is 10.8 Å². The van der Waals surface area contributed by atoms with Crippen molar-refractivity contribution in [2.75, 3.05) is 0 Å². The molecule has 0 atom stereocenters. The van der Waals surface area contributed by atoms with Crippen molar-refractivity contribution in [1.82, 2.24) is 14.5 Å². The molecule has 0 fully saturated rings. The summed E-state index contributed by atoms with van der Waals surface area (Å²) in [7, 11) is 0. The zero-order chi connectivity index (χ0) is 52.7. The molecule has 0 unspecified atom stereocenters. The summed E-state index contributed by atoms with van der Waals surface area (Å²) in [5, 5.41) is 6.19. The normalized spacial score (nSPS) is 13.5. The smallest absolute Gasteiger partial charge is 0.121 e. The molecule has 0 bridgehead atoms. The Bertz CT molecular complexity index is 3680. The van der Waals surface area contributed by atoms with Gasteiger partial charge in [0.15, 0.2) is 0 Å². The van der Waals surface area contributed by atoms with Crippen LogP contribution in [0.25, 0.3) is 82.8 Å². The molecule has 0 amide bonds. The number of rotatable bonds is 8. The maximum absolute atomic E-state index is 9.53. The Morgan fingerprint density at radius 3 is 2.01 bits per heavy atom. The van der Waals surface area contributed by atoms with E-state index in [0.29, 0.717) is 11.1 Å². The quantitative estimate of drug-likeness (QED) is 0.0865. The van der Waals surface area contributed by atoms with E-state index >= 15 is 0 Å². The number of hydrogen-bond donors (Lipinski definition) is 0. The summed E-state index contributed by atoms with van der Waals surface area (Å²) in [5.74, 6) is 7.68. The zero-order valence-corrected chi connectivity index (χ0v) is 48.9. The molecular formula is C65H71GeIrN3O-2. The predicted molar refractivity (Wildman–Crippen MR) is 303 cm³/mol. The van der Waals surface area contributed by atoms with Gasteiger partial charge in [-0.3, -0.25) is 4.98 Å². The Labute approximate surface area is 443 Å². The van der Waals surface area contributed by atoms with Gasteiger partial charge < -0.3 is 8.98 Å². The Balaban J connectivity index is 0.000000292. The third kappa shape index (κ3) is 10.3. The third-order valence-electron chi connectivity index (χ3n) is 13.4. The Hall–Kier alpha value is -5.33. The van der Waals surface area contributed by atoms with Gasteiger partial charge in [-0.25, -0.2) is 0 Å². The molecule has 0 spiro atoms. The summed E-state index contributed by atoms with van der Waals surface area (Å²) >= 11 is -2.03. The number of hydrogen-bond acceptors (Lipinski definition) is 3. The van der Waals surface area contributed by atoms with Crippen molar-refractivity contribution in [3.8, 4) is 28.3 Å². The maximum Gasteiger partial charge on any atom is 0.121 e. The van der Waals surface area contributed by atoms with Crippen molar-refractivity contribution in [3.63, 3.8) is 0 Å². The van der Waals surface area contributed by atoms with Crippen LogP contribution >= 0.6 is 0 Å². The molecule has 6 heteroatoms. The summed E-state index contributed by atoms with van der Waals surface area (Å²) in [6.45, 7) is 25.7. The zero-order valence-electron chi connectivity index (χ0n) is 47.4. The number of pyridine rings is 1. The van der Waals surface area contributed by atoms with Crippen LogP contribution < -0.4 is 4.40 Å². The van der Waals surface area contributed by atoms with Gasteiger partial charge in [0.25, 0.3) is 0 Å². The first-order valence-electron chi connectivity index (χ1n) is 26.5. The van der Waals surface area contributed by atoms with Gasteiger partial charge >= 0.3 is 120 Å². The van der Waals surface area contributed by atoms with E-state index in [1.807, 2.05) is 77.2 Å². The molecule has 367 valence electrons. The minimum absolute atomic E-state index is 0. The van der Waals surface area contributed by atoms with Crippen molar-refractivity contribution in [2.24, 2.45) is 5.41 Å². The fourth-order valence-electron chi connectivity index (χ4n) is 9.83. The Morgan fingerprint density at radius 1 is 0.718 bits per heavy atom. The molecule has 10 aromatic rings. The topological polar surface area (TPSA) is 43.9 Å². The molecule has 7 aromatic carbocycles. The van der Waals surface area contributed by atoms with Crippen LogP contribution in [0.15, 0.2) is 132 Å². The van der Waals surface area contributed by atoms with Gasteiger partial charge in [0.1, 0.15) is 5.58 Å². The van der Waals surface area contributed by atoms with Crippen LogP contribution in [0.1, 0.15) is 133 Å². The number of aromatic nitrogens is 3. The average molecular weight is 1180 g/mol. The van der Waals surface area contributed by atoms with Gasteiger partial charge in [-0.1, -0.05) is 147 Å². The SMILES string of the molecule is [2H]C(C)(C)c1cc(-c2[c-]cccc2)nc[c]1[Ge]([CH3])([CH3])[CH3].[2H]C([2H])(c1c[c-]c(-c2nc3ccccc3n2-c2c(C(C)C)cc(C(C)(C)C)cc2C(C)C)c2oc3cc4c(ccc5ccccc54)cc3c12)C(C)(C)C.[Ir]. The van der Waals surface area contributed by atoms with Crippen LogP contribution in [-0.2, 0) is 31.9 Å². The molecule has 0 aliphatic carbocycles. The van der Waals surface area contributed by atoms with E-state index in [9.17, 15) is 2.74 Å². The largest absolute Gasteiger partial charge is 0.501 e. The monoisotopic (exact) mass is 1180 g/mol. The molecule has 0 saturated heterocycles. The van der Waals surface area contributed by atoms with E-state index in [0.717, 1.165) is 77.4 Å². The predicted octanol–water partition coefficient (Wildman–Crippen LogP) is 18.0. The number of benzene rings is 7. The Kier molecular flexibility index (Phi) is 13.5. The summed E-state index contributed by atoms with van der Waals surface area (Å²) < 4.78 is 38.2. The van der Waals surface area contributed by atoms with E-state index in [1.54, 1.807) is 0 Å². The van der Waals surface area contributed by atoms with Crippen molar-refractivity contribution < 1.29 is 28.6 Å². The van der Waals surface area contributed by atoms with Crippen LogP contribution in [-0.4, -0.2) is 27.8 Å². The number of fused-ring (bicyclic) bond motifs is 7. The first-order chi connectivity index (χ1) is 34.2. The van der Waals surface area contributed by atoms with Gasteiger partial charge in [0, 0.05) is 33.9 Å². The number of furan rings is 1. The molecule has 71 heavy (non-hydrogen) atoms. The second-order valence-corrected chi connectivity index (χ2v) is 33.6. The summed E-state index contributed by atoms with van der Waals surface area (Å²) in [4.78, 5) is 9.99. The third-order valence-corrected chi connectivity index (χ3v) is 17.7. The Morgan fingerprint density at radius 2 is 1.38 bits per heavy atom. The van der Waals surface area contributed by atoms with Gasteiger partial charge in [-0.15, -0.1) is 17.7 Å². The van der Waals surface area contributed by atoms with Crippen molar-refractivity contribution in [1.29, 1.82) is 0 Å². The molecule has 4 nitrogen and oxygen atoms in total. The first kappa shape index (κ1) is 48.0.